The number of nitrogens with zero attached hydrogens (tertiary/aromatic N) is 3. The summed E-state index contributed by atoms with van der Waals surface area (Å²) in [6, 6.07) is 3.15. The molecule has 3 aliphatic rings. The average molecular weight is 336 g/mol. The summed E-state index contributed by atoms with van der Waals surface area (Å²) >= 11 is 0. The van der Waals surface area contributed by atoms with Crippen molar-refractivity contribution < 1.29 is 0 Å². The molecule has 4 unspecified atom stereocenters. The van der Waals surface area contributed by atoms with Gasteiger partial charge in [-0.3, -0.25) is 4.90 Å². The highest BCUT2D eigenvalue weighted by atomic mass is 15.2. The van der Waals surface area contributed by atoms with Crippen LogP contribution in [0.3, 0.4) is 0 Å². The predicted molar refractivity (Wildman–Crippen MR) is 104 cm³/mol. The lowest BCUT2D eigenvalue weighted by Crippen LogP contribution is -2.53. The quantitative estimate of drug-likeness (QED) is 0.700. The van der Waals surface area contributed by atoms with Crippen LogP contribution in [0.2, 0.25) is 0 Å². The van der Waals surface area contributed by atoms with Crippen molar-refractivity contribution in [2.45, 2.75) is 96.8 Å². The molecule has 3 fully saturated rings. The highest BCUT2D eigenvalue weighted by Crippen LogP contribution is 2.30. The number of likely N-dealkylation sites (tertiary alicyclic amines) is 3. The first-order chi connectivity index (χ1) is 11.5. The number of piperidine rings is 1. The van der Waals surface area contributed by atoms with E-state index < -0.39 is 0 Å². The molecule has 0 bridgehead atoms. The standard InChI is InChI=1S/C21H41N3/c1-17(2)24-13-9-21(24)15-19(4)23-12-8-20(16-23)14-18(3)22-10-6-5-7-11-22/h17-21H,5-16H2,1-4H3. The first-order valence-corrected chi connectivity index (χ1v) is 10.8. The highest BCUT2D eigenvalue weighted by Gasteiger charge is 2.34. The second-order valence-corrected chi connectivity index (χ2v) is 9.19. The molecule has 0 aromatic heterocycles. The van der Waals surface area contributed by atoms with E-state index >= 15 is 0 Å². The fourth-order valence-corrected chi connectivity index (χ4v) is 5.38. The van der Waals surface area contributed by atoms with Crippen molar-refractivity contribution in [3.8, 4) is 0 Å². The summed E-state index contributed by atoms with van der Waals surface area (Å²) in [6.07, 6.45) is 9.95. The molecule has 0 spiro atoms. The third-order valence-electron chi connectivity index (χ3n) is 7.10. The van der Waals surface area contributed by atoms with Gasteiger partial charge < -0.3 is 9.80 Å². The van der Waals surface area contributed by atoms with Gasteiger partial charge in [-0.15, -0.1) is 0 Å². The Kier molecular flexibility index (Phi) is 6.62. The summed E-state index contributed by atoms with van der Waals surface area (Å²) in [4.78, 5) is 8.25. The number of hydrogen-bond acceptors (Lipinski definition) is 3. The number of hydrogen-bond donors (Lipinski definition) is 0. The molecule has 3 aliphatic heterocycles. The van der Waals surface area contributed by atoms with Gasteiger partial charge in [-0.25, -0.2) is 0 Å². The van der Waals surface area contributed by atoms with Crippen molar-refractivity contribution in [2.75, 3.05) is 32.7 Å². The van der Waals surface area contributed by atoms with Gasteiger partial charge in [-0.05, 0) is 91.8 Å². The van der Waals surface area contributed by atoms with Gasteiger partial charge in [0.05, 0.1) is 0 Å². The zero-order chi connectivity index (χ0) is 17.1. The van der Waals surface area contributed by atoms with Crippen LogP contribution in [0.1, 0.15) is 72.6 Å². The molecular weight excluding hydrogens is 294 g/mol. The third-order valence-corrected chi connectivity index (χ3v) is 7.10. The van der Waals surface area contributed by atoms with E-state index in [9.17, 15) is 0 Å². The summed E-state index contributed by atoms with van der Waals surface area (Å²) in [6.45, 7) is 16.4. The lowest BCUT2D eigenvalue weighted by Gasteiger charge is -2.46. The molecule has 24 heavy (non-hydrogen) atoms. The molecule has 0 amide bonds. The topological polar surface area (TPSA) is 9.72 Å². The van der Waals surface area contributed by atoms with Crippen molar-refractivity contribution in [1.29, 1.82) is 0 Å². The van der Waals surface area contributed by atoms with Gasteiger partial charge in [0.2, 0.25) is 0 Å². The van der Waals surface area contributed by atoms with Crippen LogP contribution in [0.5, 0.6) is 0 Å². The van der Waals surface area contributed by atoms with Crippen LogP contribution < -0.4 is 0 Å². The van der Waals surface area contributed by atoms with E-state index in [0.29, 0.717) is 0 Å². The molecule has 0 aliphatic carbocycles. The SMILES string of the molecule is CC(CC1CCN(C(C)CC2CCN2C(C)C)C1)N1CCCCC1. The van der Waals surface area contributed by atoms with Crippen LogP contribution in [-0.4, -0.2) is 71.6 Å². The van der Waals surface area contributed by atoms with Crippen molar-refractivity contribution >= 4 is 0 Å². The summed E-state index contributed by atoms with van der Waals surface area (Å²) in [5.74, 6) is 0.937. The summed E-state index contributed by atoms with van der Waals surface area (Å²) in [5.41, 5.74) is 0. The van der Waals surface area contributed by atoms with Crippen LogP contribution in [0, 0.1) is 5.92 Å². The van der Waals surface area contributed by atoms with Crippen molar-refractivity contribution in [1.82, 2.24) is 14.7 Å². The Labute approximate surface area is 150 Å². The normalized spacial score (nSPS) is 32.9. The highest BCUT2D eigenvalue weighted by molar-refractivity contribution is 4.90. The Morgan fingerprint density at radius 3 is 2.08 bits per heavy atom. The van der Waals surface area contributed by atoms with Crippen LogP contribution in [0.25, 0.3) is 0 Å². The van der Waals surface area contributed by atoms with Gasteiger partial charge in [0, 0.05) is 37.3 Å². The fourth-order valence-electron chi connectivity index (χ4n) is 5.38. The van der Waals surface area contributed by atoms with E-state index in [4.69, 9.17) is 0 Å². The third kappa shape index (κ3) is 4.53. The molecule has 0 aromatic rings. The molecule has 0 radical (unpaired) electrons. The van der Waals surface area contributed by atoms with E-state index in [1.54, 1.807) is 0 Å². The maximum Gasteiger partial charge on any atom is 0.0125 e. The second kappa shape index (κ2) is 8.51. The van der Waals surface area contributed by atoms with Crippen molar-refractivity contribution in [3.63, 3.8) is 0 Å². The maximum absolute atomic E-state index is 2.80. The Morgan fingerprint density at radius 1 is 0.750 bits per heavy atom. The van der Waals surface area contributed by atoms with Crippen LogP contribution in [0.4, 0.5) is 0 Å². The summed E-state index contributed by atoms with van der Waals surface area (Å²) < 4.78 is 0. The molecule has 3 saturated heterocycles. The Bertz CT molecular complexity index is 377. The molecular formula is C21H41N3. The molecule has 3 heteroatoms. The second-order valence-electron chi connectivity index (χ2n) is 9.19. The van der Waals surface area contributed by atoms with Crippen molar-refractivity contribution in [3.05, 3.63) is 0 Å². The number of rotatable bonds is 7. The Hall–Kier alpha value is -0.120. The van der Waals surface area contributed by atoms with Gasteiger partial charge in [0.15, 0.2) is 0 Å². The molecule has 4 atom stereocenters. The zero-order valence-electron chi connectivity index (χ0n) is 16.7. The zero-order valence-corrected chi connectivity index (χ0v) is 16.7. The summed E-state index contributed by atoms with van der Waals surface area (Å²) in [7, 11) is 0. The molecule has 0 aromatic carbocycles. The van der Waals surface area contributed by atoms with Gasteiger partial charge in [0.1, 0.15) is 0 Å². The van der Waals surface area contributed by atoms with E-state index in [1.807, 2.05) is 0 Å². The van der Waals surface area contributed by atoms with Crippen LogP contribution in [-0.2, 0) is 0 Å². The molecule has 3 nitrogen and oxygen atoms in total. The minimum Gasteiger partial charge on any atom is -0.301 e. The molecule has 3 rings (SSSR count). The predicted octanol–water partition coefficient (Wildman–Crippen LogP) is 3.83. The van der Waals surface area contributed by atoms with E-state index in [-0.39, 0.29) is 0 Å². The minimum atomic E-state index is 0.729. The average Bonchev–Trinajstić information content (AvgIpc) is 3.00. The molecule has 0 saturated carbocycles. The smallest absolute Gasteiger partial charge is 0.0125 e. The lowest BCUT2D eigenvalue weighted by atomic mass is 9.93. The first kappa shape index (κ1) is 18.7. The van der Waals surface area contributed by atoms with Gasteiger partial charge >= 0.3 is 0 Å². The van der Waals surface area contributed by atoms with Gasteiger partial charge in [-0.2, -0.15) is 0 Å². The van der Waals surface area contributed by atoms with E-state index in [1.165, 1.54) is 77.7 Å². The minimum absolute atomic E-state index is 0.729. The fraction of sp³-hybridized carbons (Fsp3) is 1.00. The Morgan fingerprint density at radius 2 is 1.46 bits per heavy atom. The van der Waals surface area contributed by atoms with E-state index in [0.717, 1.165) is 30.1 Å². The first-order valence-electron chi connectivity index (χ1n) is 10.8. The van der Waals surface area contributed by atoms with Crippen LogP contribution in [0.15, 0.2) is 0 Å². The largest absolute Gasteiger partial charge is 0.301 e. The van der Waals surface area contributed by atoms with Crippen molar-refractivity contribution in [2.24, 2.45) is 5.92 Å². The van der Waals surface area contributed by atoms with Gasteiger partial charge in [-0.1, -0.05) is 6.42 Å². The lowest BCUT2D eigenvalue weighted by molar-refractivity contribution is 0.0328. The Balaban J connectivity index is 1.40. The molecule has 0 N–H and O–H groups in total. The van der Waals surface area contributed by atoms with E-state index in [2.05, 4.69) is 42.4 Å². The van der Waals surface area contributed by atoms with Crippen LogP contribution >= 0.6 is 0 Å². The molecule has 3 heterocycles. The summed E-state index contributed by atoms with van der Waals surface area (Å²) in [5, 5.41) is 0. The van der Waals surface area contributed by atoms with Gasteiger partial charge in [0.25, 0.3) is 0 Å². The maximum atomic E-state index is 2.80. The molecule has 140 valence electrons. The monoisotopic (exact) mass is 335 g/mol.